The SMILES string of the molecule is CC(C)(CNC1CCC(O)CC1)C1CCCCC1. The molecular weight excluding hydrogens is 222 g/mol. The summed E-state index contributed by atoms with van der Waals surface area (Å²) in [5.41, 5.74) is 0.441. The fourth-order valence-electron chi connectivity index (χ4n) is 3.72. The van der Waals surface area contributed by atoms with Gasteiger partial charge < -0.3 is 10.4 Å². The largest absolute Gasteiger partial charge is 0.393 e. The molecule has 0 bridgehead atoms. The van der Waals surface area contributed by atoms with E-state index in [-0.39, 0.29) is 6.10 Å². The van der Waals surface area contributed by atoms with Gasteiger partial charge in [-0.1, -0.05) is 33.1 Å². The van der Waals surface area contributed by atoms with Gasteiger partial charge in [-0.2, -0.15) is 0 Å². The predicted molar refractivity (Wildman–Crippen MR) is 76.6 cm³/mol. The number of hydrogen-bond acceptors (Lipinski definition) is 2. The summed E-state index contributed by atoms with van der Waals surface area (Å²) < 4.78 is 0. The predicted octanol–water partition coefficient (Wildman–Crippen LogP) is 3.49. The van der Waals surface area contributed by atoms with Crippen molar-refractivity contribution in [3.63, 3.8) is 0 Å². The van der Waals surface area contributed by atoms with Gasteiger partial charge in [0.25, 0.3) is 0 Å². The minimum Gasteiger partial charge on any atom is -0.393 e. The van der Waals surface area contributed by atoms with Crippen molar-refractivity contribution in [3.05, 3.63) is 0 Å². The van der Waals surface area contributed by atoms with Crippen molar-refractivity contribution in [3.8, 4) is 0 Å². The van der Waals surface area contributed by atoms with Crippen LogP contribution in [0, 0.1) is 11.3 Å². The second kappa shape index (κ2) is 6.38. The lowest BCUT2D eigenvalue weighted by Crippen LogP contribution is -2.43. The number of aliphatic hydroxyl groups is 1. The van der Waals surface area contributed by atoms with Gasteiger partial charge in [0, 0.05) is 12.6 Å². The average Bonchev–Trinajstić information content (AvgIpc) is 2.39. The molecule has 2 aliphatic carbocycles. The van der Waals surface area contributed by atoms with Crippen molar-refractivity contribution in [2.24, 2.45) is 11.3 Å². The van der Waals surface area contributed by atoms with Crippen LogP contribution in [-0.2, 0) is 0 Å². The molecule has 0 unspecified atom stereocenters. The molecule has 0 aliphatic heterocycles. The van der Waals surface area contributed by atoms with Crippen LogP contribution in [0.25, 0.3) is 0 Å². The van der Waals surface area contributed by atoms with Crippen molar-refractivity contribution in [1.82, 2.24) is 5.32 Å². The van der Waals surface area contributed by atoms with E-state index in [1.165, 1.54) is 32.1 Å². The number of hydrogen-bond donors (Lipinski definition) is 2. The molecule has 2 fully saturated rings. The van der Waals surface area contributed by atoms with Crippen LogP contribution in [0.5, 0.6) is 0 Å². The third-order valence-electron chi connectivity index (χ3n) is 5.25. The van der Waals surface area contributed by atoms with Crippen molar-refractivity contribution in [2.45, 2.75) is 83.8 Å². The molecule has 2 N–H and O–H groups in total. The lowest BCUT2D eigenvalue weighted by Gasteiger charge is -2.39. The van der Waals surface area contributed by atoms with Crippen molar-refractivity contribution >= 4 is 0 Å². The zero-order chi connectivity index (χ0) is 13.0. The molecule has 2 aliphatic rings. The Labute approximate surface area is 113 Å². The molecular formula is C16H31NO. The Hall–Kier alpha value is -0.0800. The fraction of sp³-hybridized carbons (Fsp3) is 1.00. The normalized spacial score (nSPS) is 31.5. The van der Waals surface area contributed by atoms with Crippen molar-refractivity contribution in [2.75, 3.05) is 6.54 Å². The van der Waals surface area contributed by atoms with E-state index < -0.39 is 0 Å². The van der Waals surface area contributed by atoms with Gasteiger partial charge in [0.15, 0.2) is 0 Å². The summed E-state index contributed by atoms with van der Waals surface area (Å²) in [6.45, 7) is 6.03. The molecule has 18 heavy (non-hydrogen) atoms. The molecule has 0 aromatic carbocycles. The Balaban J connectivity index is 1.73. The minimum absolute atomic E-state index is 0.0330. The minimum atomic E-state index is -0.0330. The van der Waals surface area contributed by atoms with Gasteiger partial charge >= 0.3 is 0 Å². The summed E-state index contributed by atoms with van der Waals surface area (Å²) in [5.74, 6) is 0.910. The van der Waals surface area contributed by atoms with Crippen LogP contribution in [0.4, 0.5) is 0 Å². The second-order valence-electron chi connectivity index (χ2n) is 7.21. The first kappa shape index (κ1) is 14.3. The van der Waals surface area contributed by atoms with E-state index in [2.05, 4.69) is 19.2 Å². The first-order valence-corrected chi connectivity index (χ1v) is 7.99. The van der Waals surface area contributed by atoms with Crippen molar-refractivity contribution in [1.29, 1.82) is 0 Å². The summed E-state index contributed by atoms with van der Waals surface area (Å²) in [4.78, 5) is 0. The maximum Gasteiger partial charge on any atom is 0.0541 e. The highest BCUT2D eigenvalue weighted by Crippen LogP contribution is 2.38. The van der Waals surface area contributed by atoms with E-state index in [1.54, 1.807) is 0 Å². The summed E-state index contributed by atoms with van der Waals surface area (Å²) in [5, 5.41) is 13.3. The van der Waals surface area contributed by atoms with E-state index >= 15 is 0 Å². The fourth-order valence-corrected chi connectivity index (χ4v) is 3.72. The maximum absolute atomic E-state index is 9.53. The third kappa shape index (κ3) is 3.96. The van der Waals surface area contributed by atoms with E-state index in [1.807, 2.05) is 0 Å². The zero-order valence-corrected chi connectivity index (χ0v) is 12.3. The monoisotopic (exact) mass is 253 g/mol. The number of rotatable bonds is 4. The van der Waals surface area contributed by atoms with E-state index in [9.17, 15) is 5.11 Å². The van der Waals surface area contributed by atoms with Crippen LogP contribution in [-0.4, -0.2) is 23.8 Å². The van der Waals surface area contributed by atoms with Crippen LogP contribution < -0.4 is 5.32 Å². The van der Waals surface area contributed by atoms with Gasteiger partial charge in [-0.25, -0.2) is 0 Å². The Morgan fingerprint density at radius 3 is 2.17 bits per heavy atom. The summed E-state index contributed by atoms with van der Waals surface area (Å²) in [6.07, 6.45) is 11.4. The molecule has 0 heterocycles. The highest BCUT2D eigenvalue weighted by molar-refractivity contribution is 4.85. The molecule has 0 atom stereocenters. The highest BCUT2D eigenvalue weighted by atomic mass is 16.3. The molecule has 106 valence electrons. The van der Waals surface area contributed by atoms with Gasteiger partial charge in [0.1, 0.15) is 0 Å². The van der Waals surface area contributed by atoms with Crippen LogP contribution in [0.2, 0.25) is 0 Å². The first-order valence-electron chi connectivity index (χ1n) is 7.99. The van der Waals surface area contributed by atoms with E-state index in [4.69, 9.17) is 0 Å². The number of nitrogens with one attached hydrogen (secondary N) is 1. The smallest absolute Gasteiger partial charge is 0.0541 e. The van der Waals surface area contributed by atoms with E-state index in [0.29, 0.717) is 11.5 Å². The van der Waals surface area contributed by atoms with Crippen LogP contribution in [0.3, 0.4) is 0 Å². The van der Waals surface area contributed by atoms with Crippen LogP contribution in [0.1, 0.15) is 71.6 Å². The van der Waals surface area contributed by atoms with E-state index in [0.717, 1.165) is 38.1 Å². The quantitative estimate of drug-likeness (QED) is 0.804. The molecule has 0 radical (unpaired) electrons. The molecule has 0 aromatic heterocycles. The third-order valence-corrected chi connectivity index (χ3v) is 5.25. The Morgan fingerprint density at radius 2 is 1.56 bits per heavy atom. The molecule has 0 saturated heterocycles. The molecule has 2 rings (SSSR count). The van der Waals surface area contributed by atoms with Crippen LogP contribution >= 0.6 is 0 Å². The molecule has 2 saturated carbocycles. The Kier molecular flexibility index (Phi) is 5.08. The topological polar surface area (TPSA) is 32.3 Å². The first-order chi connectivity index (χ1) is 8.58. The van der Waals surface area contributed by atoms with Gasteiger partial charge in [0.2, 0.25) is 0 Å². The van der Waals surface area contributed by atoms with Crippen molar-refractivity contribution < 1.29 is 5.11 Å². The van der Waals surface area contributed by atoms with Crippen LogP contribution in [0.15, 0.2) is 0 Å². The second-order valence-corrected chi connectivity index (χ2v) is 7.21. The molecule has 0 aromatic rings. The zero-order valence-electron chi connectivity index (χ0n) is 12.3. The molecule has 0 amide bonds. The number of aliphatic hydroxyl groups excluding tert-OH is 1. The Bertz CT molecular complexity index is 237. The summed E-state index contributed by atoms with van der Waals surface area (Å²) in [6, 6.07) is 0.649. The lowest BCUT2D eigenvalue weighted by molar-refractivity contribution is 0.105. The van der Waals surface area contributed by atoms with Gasteiger partial charge in [-0.15, -0.1) is 0 Å². The van der Waals surface area contributed by atoms with Gasteiger partial charge in [-0.3, -0.25) is 0 Å². The average molecular weight is 253 g/mol. The van der Waals surface area contributed by atoms with Gasteiger partial charge in [0.05, 0.1) is 6.10 Å². The summed E-state index contributed by atoms with van der Waals surface area (Å²) in [7, 11) is 0. The molecule has 2 nitrogen and oxygen atoms in total. The Morgan fingerprint density at radius 1 is 0.944 bits per heavy atom. The molecule has 0 spiro atoms. The standard InChI is InChI=1S/C16H31NO/c1-16(2,13-6-4-3-5-7-13)12-17-14-8-10-15(18)11-9-14/h13-15,17-18H,3-12H2,1-2H3. The highest BCUT2D eigenvalue weighted by Gasteiger charge is 2.31. The lowest BCUT2D eigenvalue weighted by atomic mass is 9.71. The summed E-state index contributed by atoms with van der Waals surface area (Å²) >= 11 is 0. The maximum atomic E-state index is 9.53. The van der Waals surface area contributed by atoms with Gasteiger partial charge in [-0.05, 0) is 49.9 Å². The molecule has 2 heteroatoms.